The molecule has 7 aromatic rings. The lowest BCUT2D eigenvalue weighted by atomic mass is 9.81. The quantitative estimate of drug-likeness (QED) is 0.00965. The van der Waals surface area contributed by atoms with Gasteiger partial charge in [0.25, 0.3) is 5.60 Å². The molecule has 0 radical (unpaired) electrons. The molecule has 3 aliphatic heterocycles. The zero-order chi connectivity index (χ0) is 84.1. The maximum atomic E-state index is 12.9. The van der Waals surface area contributed by atoms with Crippen molar-refractivity contribution in [3.63, 3.8) is 0 Å². The van der Waals surface area contributed by atoms with Crippen LogP contribution in [0.4, 0.5) is 11.6 Å². The van der Waals surface area contributed by atoms with E-state index >= 15 is 0 Å². The van der Waals surface area contributed by atoms with Gasteiger partial charge in [0.05, 0.1) is 78.9 Å². The highest BCUT2D eigenvalue weighted by Crippen LogP contribution is 2.44. The van der Waals surface area contributed by atoms with Gasteiger partial charge in [0.15, 0.2) is 58.5 Å². The van der Waals surface area contributed by atoms with E-state index in [1.165, 1.54) is 81.1 Å². The maximum absolute atomic E-state index is 12.9. The molecular formula is C68H76Cl3N13O26S3. The molecule has 14 atom stereocenters. The van der Waals surface area contributed by atoms with Gasteiger partial charge in [0.1, 0.15) is 35.4 Å². The van der Waals surface area contributed by atoms with Crippen molar-refractivity contribution in [1.29, 1.82) is 0 Å². The highest BCUT2D eigenvalue weighted by Gasteiger charge is 2.61. The molecule has 0 spiro atoms. The van der Waals surface area contributed by atoms with E-state index < -0.39 is 162 Å². The zero-order valence-corrected chi connectivity index (χ0v) is 66.3. The fourth-order valence-electron chi connectivity index (χ4n) is 10.8. The van der Waals surface area contributed by atoms with Crippen LogP contribution < -0.4 is 11.5 Å². The van der Waals surface area contributed by atoms with E-state index in [1.807, 2.05) is 5.92 Å². The van der Waals surface area contributed by atoms with Crippen molar-refractivity contribution >= 4 is 162 Å². The zero-order valence-electron chi connectivity index (χ0n) is 61.5. The minimum absolute atomic E-state index is 0.0327. The number of rotatable bonds is 27. The number of aliphatic carboxylic acids is 2. The molecule has 7 aromatic heterocycles. The Morgan fingerprint density at radius 3 is 1.58 bits per heavy atom. The molecule has 4 unspecified atom stereocenters. The topological polar surface area (TPSA) is 551 Å². The van der Waals surface area contributed by atoms with Crippen molar-refractivity contribution in [1.82, 2.24) is 54.4 Å². The van der Waals surface area contributed by atoms with Crippen LogP contribution in [0.1, 0.15) is 90.1 Å². The Bertz CT molecular complexity index is 4640. The van der Waals surface area contributed by atoms with Crippen LogP contribution >= 0.6 is 68.8 Å². The Labute approximate surface area is 669 Å². The number of nitrogens with zero attached hydrogens (tertiary/aromatic N) is 10. The molecule has 113 heavy (non-hydrogen) atoms. The summed E-state index contributed by atoms with van der Waals surface area (Å²) in [6.07, 6.45) is 10.6. The van der Waals surface area contributed by atoms with Crippen molar-refractivity contribution in [2.75, 3.05) is 44.5 Å². The number of hydrogen-bond acceptors (Lipinski definition) is 38. The van der Waals surface area contributed by atoms with Gasteiger partial charge in [-0.1, -0.05) is 17.8 Å². The first-order chi connectivity index (χ1) is 53.3. The molecule has 9 N–H and O–H groups in total. The van der Waals surface area contributed by atoms with Crippen LogP contribution in [0.25, 0.3) is 22.3 Å². The second-order valence-corrected chi connectivity index (χ2v) is 28.2. The van der Waals surface area contributed by atoms with Crippen molar-refractivity contribution in [3.05, 3.63) is 73.0 Å². The lowest BCUT2D eigenvalue weighted by Crippen LogP contribution is -2.54. The third-order valence-corrected chi connectivity index (χ3v) is 19.8. The Morgan fingerprint density at radius 2 is 1.13 bits per heavy atom. The molecular weight excluding hydrogens is 1620 g/mol. The predicted molar refractivity (Wildman–Crippen MR) is 396 cm³/mol. The maximum Gasteiger partial charge on any atom is 0.348 e. The molecule has 3 saturated heterocycles. The Hall–Kier alpha value is -10.1. The first-order valence-corrected chi connectivity index (χ1v) is 36.9. The molecule has 0 bridgehead atoms. The van der Waals surface area contributed by atoms with Crippen molar-refractivity contribution in [2.24, 2.45) is 10.8 Å². The number of thiazole rings is 3. The molecule has 608 valence electrons. The van der Waals surface area contributed by atoms with Crippen LogP contribution in [0.5, 0.6) is 0 Å². The molecule has 45 heteroatoms. The third-order valence-electron chi connectivity index (χ3n) is 16.7. The Kier molecular flexibility index (Phi) is 33.0. The van der Waals surface area contributed by atoms with Crippen LogP contribution in [-0.4, -0.2) is 239 Å². The monoisotopic (exact) mass is 1690 g/mol. The van der Waals surface area contributed by atoms with Crippen LogP contribution in [0.3, 0.4) is 0 Å². The first kappa shape index (κ1) is 91.8. The second kappa shape index (κ2) is 40.6. The molecule has 3 aliphatic rings. The number of carbonyl (C=O) groups is 10. The number of nitrogens with one attached hydrogen (secondary N) is 1. The molecule has 0 aliphatic carbocycles. The fraction of sp³-hybridized carbons (Fsp3) is 0.485. The van der Waals surface area contributed by atoms with Gasteiger partial charge >= 0.3 is 47.8 Å². The number of anilines is 2. The number of alkyl halides is 1. The highest BCUT2D eigenvalue weighted by molar-refractivity contribution is 7.10. The summed E-state index contributed by atoms with van der Waals surface area (Å²) in [5.74, 6) is -1.15. The van der Waals surface area contributed by atoms with E-state index in [2.05, 4.69) is 61.7 Å². The highest BCUT2D eigenvalue weighted by atomic mass is 35.5. The number of imidazole rings is 2. The summed E-state index contributed by atoms with van der Waals surface area (Å²) in [6.45, 7) is 12.1. The van der Waals surface area contributed by atoms with Crippen LogP contribution in [0.15, 0.2) is 47.8 Å². The lowest BCUT2D eigenvalue weighted by Gasteiger charge is -2.33. The number of H-pyrrole nitrogens is 1. The summed E-state index contributed by atoms with van der Waals surface area (Å²) in [7, 11) is 0. The average molecular weight is 1690 g/mol. The first-order valence-electron chi connectivity index (χ1n) is 33.0. The average Bonchev–Trinajstić information content (AvgIpc) is 1.57. The number of carboxylic acid groups (broad SMARTS) is 2. The summed E-state index contributed by atoms with van der Waals surface area (Å²) in [5.41, 5.74) is 7.67. The number of esters is 6. The number of ether oxygens (including phenoxy) is 12. The van der Waals surface area contributed by atoms with E-state index in [1.54, 1.807) is 56.2 Å². The number of hydrogen-bond donors (Lipinski definition) is 7. The standard InChI is InChI=1S/C22H27NO9S.C19H17ClN6O8S.C18H24O9.C5H4ClN5.C4H4ClNS/c1-7-21(6)17(32-19(31-15(5)26)18(21)30-14(4)25)11-29-22(13(3)24,20(27)28-8-2)9-16-10-23-12-33-16;1-2-18(32)9(5-33-19(15(28)29,16(30)31)3-8-4-22-7-35-8)34-14(11(18)27)26-6-23-10-12(21)24-17(20)25-13(10)26;1-7-18(6)13(9-24-14(10(3)19)16(22)23-8-2)27-17(26-12(5)21)15(18)25-11(4)20;6-5-10-3(7)2-4(11-5)9-1-8-2;5-1-4-2-6-3-7-4/h1,10,12,17-19H,8-9,11H2,2-6H3;1,4,6-7,9,11,14,27,32H,3,5H2,(H,28,29)(H,30,31)(H2,21,24,25);1,13-15,17H,8-9H2,2-6H3;1H,(H3,7,8,9,10,11);2-3H,1H2/t17-,18+,19?,21+,22?;9-,11+,14-,18-;13-,14?,15+,17?,18+;;/m111../s1. The van der Waals surface area contributed by atoms with Gasteiger partial charge in [-0.25, -0.2) is 29.1 Å². The number of aliphatic hydroxyl groups excluding tert-OH is 1. The second-order valence-electron chi connectivity index (χ2n) is 24.4. The molecule has 39 nitrogen and oxygen atoms in total. The van der Waals surface area contributed by atoms with Gasteiger partial charge < -0.3 is 93.7 Å². The predicted octanol–water partition coefficient (Wildman–Crippen LogP) is 3.61. The van der Waals surface area contributed by atoms with E-state index in [0.29, 0.717) is 32.6 Å². The Morgan fingerprint density at radius 1 is 0.655 bits per heavy atom. The summed E-state index contributed by atoms with van der Waals surface area (Å²) in [5, 5.41) is 41.2. The van der Waals surface area contributed by atoms with Crippen LogP contribution in [0, 0.1) is 47.9 Å². The van der Waals surface area contributed by atoms with E-state index in [0.717, 1.165) is 23.1 Å². The Balaban J connectivity index is 0.000000238. The van der Waals surface area contributed by atoms with Gasteiger partial charge in [-0.05, 0) is 64.7 Å². The number of halogens is 3. The molecule has 0 saturated carbocycles. The molecule has 10 heterocycles. The third kappa shape index (κ3) is 22.2. The van der Waals surface area contributed by atoms with Gasteiger partial charge in [0, 0.05) is 73.8 Å². The number of carboxylic acids is 2. The number of aromatic amines is 1. The summed E-state index contributed by atoms with van der Waals surface area (Å²) < 4.78 is 65.6. The van der Waals surface area contributed by atoms with Crippen molar-refractivity contribution in [2.45, 2.75) is 166 Å². The van der Waals surface area contributed by atoms with E-state index in [4.69, 9.17) is 122 Å². The van der Waals surface area contributed by atoms with E-state index in [9.17, 15) is 68.4 Å². The number of Topliss-reactive ketones (excluding diaryl/α,β-unsaturated/α-hetero) is 2. The number of ketones is 2. The van der Waals surface area contributed by atoms with Gasteiger partial charge in [-0.15, -0.1) is 64.9 Å². The largest absolute Gasteiger partial charge is 0.479 e. The molecule has 0 amide bonds. The van der Waals surface area contributed by atoms with E-state index in [-0.39, 0.29) is 60.4 Å². The lowest BCUT2D eigenvalue weighted by molar-refractivity contribution is -0.201. The molecule has 10 rings (SSSR count). The minimum Gasteiger partial charge on any atom is -0.479 e. The molecule has 0 aromatic carbocycles. The number of aliphatic hydroxyl groups is 2. The SMILES string of the molecule is C#C[C@@]1(C)[C@@H](COC(C(C)=O)C(=O)OCC)OC(OC(C)=O)[C@@H]1OC(C)=O.C#C[C@@]1(C)[C@@H](COC(Cc2cncs2)(C(C)=O)C(=O)OCC)OC(OC(C)=O)[C@@H]1OC(C)=O.C#C[C@@]1(O)[C@@H](COC(Cc2cncs2)(C(=O)O)C(=O)O)O[C@@H](n2cnc3c(N)nc(Cl)nc32)[C@@H]1O.ClCc1cncs1.Nc1nc(Cl)nc2nc[nH]c12. The summed E-state index contributed by atoms with van der Waals surface area (Å²) in [6, 6.07) is 0. The van der Waals surface area contributed by atoms with Crippen LogP contribution in [0.2, 0.25) is 10.6 Å². The minimum atomic E-state index is -2.74. The molecule has 3 fully saturated rings. The number of nitrogens with two attached hydrogens (primary N) is 2. The fourth-order valence-corrected chi connectivity index (χ4v) is 13.2. The number of fused-ring (bicyclic) bond motifs is 2. The summed E-state index contributed by atoms with van der Waals surface area (Å²) >= 11 is 20.7. The number of terminal acetylenes is 3. The van der Waals surface area contributed by atoms with Crippen molar-refractivity contribution in [3.8, 4) is 37.0 Å². The van der Waals surface area contributed by atoms with Crippen LogP contribution in [-0.2, 0) is 124 Å². The number of carbonyl (C=O) groups excluding carboxylic acids is 8. The van der Waals surface area contributed by atoms with Gasteiger partial charge in [0.2, 0.25) is 34.9 Å². The summed E-state index contributed by atoms with van der Waals surface area (Å²) in [4.78, 5) is 159. The van der Waals surface area contributed by atoms with Crippen molar-refractivity contribution < 1.29 is 125 Å². The number of nitrogen functional groups attached to an aromatic ring is 2. The van der Waals surface area contributed by atoms with Gasteiger partial charge in [-0.2, -0.15) is 19.9 Å². The smallest absolute Gasteiger partial charge is 0.348 e. The number of aromatic nitrogens is 11. The van der Waals surface area contributed by atoms with Gasteiger partial charge in [-0.3, -0.25) is 48.3 Å². The normalized spacial score (nSPS) is 23.5.